The molecule has 0 radical (unpaired) electrons. The smallest absolute Gasteiger partial charge is 0.122 e. The van der Waals surface area contributed by atoms with Crippen LogP contribution in [0.2, 0.25) is 0 Å². The Kier molecular flexibility index (Phi) is 6.91. The molecule has 0 unspecified atom stereocenters. The maximum atomic E-state index is 7.27. The van der Waals surface area contributed by atoms with Gasteiger partial charge in [0, 0.05) is 5.56 Å². The van der Waals surface area contributed by atoms with Crippen LogP contribution in [0.1, 0.15) is 18.1 Å². The van der Waals surface area contributed by atoms with E-state index in [0.717, 1.165) is 23.3 Å². The van der Waals surface area contributed by atoms with Gasteiger partial charge in [-0.05, 0) is 37.2 Å². The molecule has 0 saturated carbocycles. The molecule has 0 aliphatic rings. The zero-order valence-corrected chi connectivity index (χ0v) is 10.0. The van der Waals surface area contributed by atoms with Crippen LogP contribution in [0.15, 0.2) is 18.2 Å². The standard InChI is InChI=1S/C10H14N2O.CH6N2/c1-3-7-6-8(10(11)12)4-5-9(7)13-2;1-3-2/h4-6H,3H2,1-2H3,(H3,11,12);3H,2H2,1H3. The van der Waals surface area contributed by atoms with Crippen LogP contribution in [-0.2, 0) is 6.42 Å². The molecule has 0 heterocycles. The predicted molar refractivity (Wildman–Crippen MR) is 66.6 cm³/mol. The lowest BCUT2D eigenvalue weighted by Gasteiger charge is -2.07. The van der Waals surface area contributed by atoms with Crippen molar-refractivity contribution < 1.29 is 4.74 Å². The Morgan fingerprint density at radius 1 is 1.50 bits per heavy atom. The summed E-state index contributed by atoms with van der Waals surface area (Å²) in [6, 6.07) is 5.52. The summed E-state index contributed by atoms with van der Waals surface area (Å²) in [5.74, 6) is 5.55. The van der Waals surface area contributed by atoms with Gasteiger partial charge >= 0.3 is 0 Å². The third kappa shape index (κ3) is 4.29. The SMILES string of the molecule is CCc1cc(C(=N)N)ccc1OC.CNN. The zero-order valence-electron chi connectivity index (χ0n) is 10.0. The third-order valence-electron chi connectivity index (χ3n) is 1.97. The van der Waals surface area contributed by atoms with E-state index in [1.165, 1.54) is 0 Å². The molecule has 90 valence electrons. The molecular weight excluding hydrogens is 204 g/mol. The molecular formula is C11H20N4O. The first-order valence-corrected chi connectivity index (χ1v) is 4.99. The largest absolute Gasteiger partial charge is 0.496 e. The highest BCUT2D eigenvalue weighted by atomic mass is 16.5. The van der Waals surface area contributed by atoms with E-state index in [9.17, 15) is 0 Å². The first-order chi connectivity index (χ1) is 7.60. The van der Waals surface area contributed by atoms with Gasteiger partial charge in [-0.3, -0.25) is 16.7 Å². The number of nitrogens with two attached hydrogens (primary N) is 2. The molecule has 16 heavy (non-hydrogen) atoms. The molecule has 1 rings (SSSR count). The monoisotopic (exact) mass is 224 g/mol. The van der Waals surface area contributed by atoms with E-state index < -0.39 is 0 Å². The summed E-state index contributed by atoms with van der Waals surface area (Å²) < 4.78 is 5.16. The van der Waals surface area contributed by atoms with Crippen LogP contribution in [0.25, 0.3) is 0 Å². The number of methoxy groups -OCH3 is 1. The van der Waals surface area contributed by atoms with Gasteiger partial charge in [0.25, 0.3) is 0 Å². The van der Waals surface area contributed by atoms with E-state index in [0.29, 0.717) is 0 Å². The lowest BCUT2D eigenvalue weighted by molar-refractivity contribution is 0.410. The molecule has 0 amide bonds. The van der Waals surface area contributed by atoms with Crippen molar-refractivity contribution >= 4 is 5.84 Å². The molecule has 0 aliphatic carbocycles. The summed E-state index contributed by atoms with van der Waals surface area (Å²) in [7, 11) is 3.29. The van der Waals surface area contributed by atoms with Crippen LogP contribution in [0.5, 0.6) is 5.75 Å². The maximum Gasteiger partial charge on any atom is 0.122 e. The maximum absolute atomic E-state index is 7.27. The fourth-order valence-electron chi connectivity index (χ4n) is 1.22. The van der Waals surface area contributed by atoms with Crippen molar-refractivity contribution in [2.24, 2.45) is 11.6 Å². The lowest BCUT2D eigenvalue weighted by Crippen LogP contribution is -2.13. The Morgan fingerprint density at radius 3 is 2.44 bits per heavy atom. The van der Waals surface area contributed by atoms with Crippen LogP contribution in [0, 0.1) is 5.41 Å². The highest BCUT2D eigenvalue weighted by molar-refractivity contribution is 5.95. The minimum Gasteiger partial charge on any atom is -0.496 e. The number of benzene rings is 1. The van der Waals surface area contributed by atoms with Gasteiger partial charge in [-0.1, -0.05) is 6.92 Å². The number of aryl methyl sites for hydroxylation is 1. The summed E-state index contributed by atoms with van der Waals surface area (Å²) in [6.45, 7) is 2.04. The second-order valence-electron chi connectivity index (χ2n) is 3.08. The quantitative estimate of drug-likeness (QED) is 0.262. The van der Waals surface area contributed by atoms with E-state index in [1.54, 1.807) is 20.2 Å². The van der Waals surface area contributed by atoms with Crippen molar-refractivity contribution in [1.29, 1.82) is 5.41 Å². The van der Waals surface area contributed by atoms with Gasteiger partial charge in [0.15, 0.2) is 0 Å². The summed E-state index contributed by atoms with van der Waals surface area (Å²) in [6.07, 6.45) is 0.879. The minimum atomic E-state index is 0.0948. The molecule has 0 spiro atoms. The van der Waals surface area contributed by atoms with Crippen molar-refractivity contribution in [1.82, 2.24) is 5.43 Å². The highest BCUT2D eigenvalue weighted by Crippen LogP contribution is 2.19. The molecule has 6 N–H and O–H groups in total. The second kappa shape index (κ2) is 7.67. The Hall–Kier alpha value is -1.59. The van der Waals surface area contributed by atoms with E-state index in [4.69, 9.17) is 15.9 Å². The predicted octanol–water partition coefficient (Wildman–Crippen LogP) is 0.621. The number of rotatable bonds is 3. The molecule has 0 aromatic heterocycles. The molecule has 1 aromatic carbocycles. The van der Waals surface area contributed by atoms with Gasteiger partial charge < -0.3 is 10.5 Å². The average molecular weight is 224 g/mol. The second-order valence-corrected chi connectivity index (χ2v) is 3.08. The topological polar surface area (TPSA) is 97.2 Å². The first kappa shape index (κ1) is 14.4. The van der Waals surface area contributed by atoms with Gasteiger partial charge in [0.1, 0.15) is 11.6 Å². The fourth-order valence-corrected chi connectivity index (χ4v) is 1.22. The minimum absolute atomic E-state index is 0.0948. The van der Waals surface area contributed by atoms with Crippen molar-refractivity contribution in [3.63, 3.8) is 0 Å². The van der Waals surface area contributed by atoms with Crippen molar-refractivity contribution in [2.45, 2.75) is 13.3 Å². The van der Waals surface area contributed by atoms with E-state index in [2.05, 4.69) is 11.3 Å². The normalized spacial score (nSPS) is 9.00. The zero-order chi connectivity index (χ0) is 12.6. The molecule has 5 heteroatoms. The number of hydrogen-bond donors (Lipinski definition) is 4. The van der Waals surface area contributed by atoms with Crippen LogP contribution in [0.3, 0.4) is 0 Å². The number of ether oxygens (including phenoxy) is 1. The number of amidine groups is 1. The van der Waals surface area contributed by atoms with Gasteiger partial charge in [-0.15, -0.1) is 0 Å². The van der Waals surface area contributed by atoms with Crippen LogP contribution >= 0.6 is 0 Å². The Balaban J connectivity index is 0.000000673. The summed E-state index contributed by atoms with van der Waals surface area (Å²) in [4.78, 5) is 0. The van der Waals surface area contributed by atoms with E-state index in [-0.39, 0.29) is 5.84 Å². The fraction of sp³-hybridized carbons (Fsp3) is 0.364. The Bertz CT molecular complexity index is 339. The summed E-state index contributed by atoms with van der Waals surface area (Å²) in [5.41, 5.74) is 9.45. The molecule has 0 bridgehead atoms. The van der Waals surface area contributed by atoms with Gasteiger partial charge in [0.2, 0.25) is 0 Å². The molecule has 1 aromatic rings. The van der Waals surface area contributed by atoms with Gasteiger partial charge in [-0.2, -0.15) is 0 Å². The molecule has 5 nitrogen and oxygen atoms in total. The molecule has 0 aliphatic heterocycles. The van der Waals surface area contributed by atoms with Gasteiger partial charge in [0.05, 0.1) is 7.11 Å². The van der Waals surface area contributed by atoms with Crippen molar-refractivity contribution in [3.05, 3.63) is 29.3 Å². The number of nitrogens with one attached hydrogen (secondary N) is 2. The summed E-state index contributed by atoms with van der Waals surface area (Å²) >= 11 is 0. The van der Waals surface area contributed by atoms with E-state index in [1.807, 2.05) is 19.1 Å². The van der Waals surface area contributed by atoms with Crippen LogP contribution in [0.4, 0.5) is 0 Å². The van der Waals surface area contributed by atoms with Crippen LogP contribution in [-0.4, -0.2) is 20.0 Å². The first-order valence-electron chi connectivity index (χ1n) is 4.99. The summed E-state index contributed by atoms with van der Waals surface area (Å²) in [5, 5.41) is 7.27. The number of nitrogen functional groups attached to an aromatic ring is 1. The number of hydrogen-bond acceptors (Lipinski definition) is 4. The molecule has 0 atom stereocenters. The highest BCUT2D eigenvalue weighted by Gasteiger charge is 2.03. The van der Waals surface area contributed by atoms with Crippen molar-refractivity contribution in [2.75, 3.05) is 14.2 Å². The molecule has 0 fully saturated rings. The van der Waals surface area contributed by atoms with Crippen molar-refractivity contribution in [3.8, 4) is 5.75 Å². The number of hydrazine groups is 1. The third-order valence-corrected chi connectivity index (χ3v) is 1.97. The lowest BCUT2D eigenvalue weighted by atomic mass is 10.1. The average Bonchev–Trinajstić information content (AvgIpc) is 2.29. The van der Waals surface area contributed by atoms with Crippen LogP contribution < -0.4 is 21.7 Å². The van der Waals surface area contributed by atoms with E-state index >= 15 is 0 Å². The Morgan fingerprint density at radius 2 is 2.06 bits per heavy atom. The molecule has 0 saturated heterocycles. The Labute approximate surface area is 96.3 Å². The van der Waals surface area contributed by atoms with Gasteiger partial charge in [-0.25, -0.2) is 0 Å².